The van der Waals surface area contributed by atoms with Crippen LogP contribution < -0.4 is 0 Å². The molecular weight excluding hydrogens is 256 g/mol. The summed E-state index contributed by atoms with van der Waals surface area (Å²) in [6.07, 6.45) is 2.73. The second-order valence-electron chi connectivity index (χ2n) is 4.90. The number of rotatable bonds is 3. The Bertz CT molecular complexity index is 769. The van der Waals surface area contributed by atoms with Gasteiger partial charge in [0.15, 0.2) is 0 Å². The Labute approximate surface area is 124 Å². The van der Waals surface area contributed by atoms with Crippen molar-refractivity contribution < 1.29 is 0 Å². The second kappa shape index (κ2) is 6.02. The molecule has 0 saturated carbocycles. The number of aromatic nitrogens is 1. The number of nitrogens with zero attached hydrogens (tertiary/aromatic N) is 2. The smallest absolute Gasteiger partial charge is 0.0991 e. The molecule has 0 N–H and O–H groups in total. The Kier molecular flexibility index (Phi) is 3.75. The third-order valence-electron chi connectivity index (χ3n) is 3.39. The van der Waals surface area contributed by atoms with Gasteiger partial charge in [-0.2, -0.15) is 5.26 Å². The van der Waals surface area contributed by atoms with E-state index in [0.717, 1.165) is 17.7 Å². The summed E-state index contributed by atoms with van der Waals surface area (Å²) < 4.78 is 0. The highest BCUT2D eigenvalue weighted by molar-refractivity contribution is 5.61. The molecule has 3 aromatic rings. The second-order valence-corrected chi connectivity index (χ2v) is 4.90. The first-order valence-electron chi connectivity index (χ1n) is 6.84. The monoisotopic (exact) mass is 270 g/mol. The molecule has 0 aliphatic heterocycles. The zero-order valence-corrected chi connectivity index (χ0v) is 11.5. The molecule has 0 saturated heterocycles. The van der Waals surface area contributed by atoms with Gasteiger partial charge in [-0.3, -0.25) is 4.98 Å². The van der Waals surface area contributed by atoms with Gasteiger partial charge in [0.25, 0.3) is 0 Å². The van der Waals surface area contributed by atoms with Gasteiger partial charge in [0.05, 0.1) is 17.3 Å². The Morgan fingerprint density at radius 1 is 0.857 bits per heavy atom. The van der Waals surface area contributed by atoms with Crippen molar-refractivity contribution in [1.82, 2.24) is 4.98 Å². The summed E-state index contributed by atoms with van der Waals surface area (Å²) in [4.78, 5) is 4.42. The summed E-state index contributed by atoms with van der Waals surface area (Å²) in [6.45, 7) is 0. The third kappa shape index (κ3) is 3.16. The Morgan fingerprint density at radius 3 is 2.33 bits per heavy atom. The molecule has 1 heterocycles. The van der Waals surface area contributed by atoms with E-state index in [4.69, 9.17) is 5.26 Å². The third-order valence-corrected chi connectivity index (χ3v) is 3.39. The molecule has 0 amide bonds. The molecule has 0 atom stereocenters. The van der Waals surface area contributed by atoms with E-state index >= 15 is 0 Å². The maximum atomic E-state index is 8.84. The van der Waals surface area contributed by atoms with Gasteiger partial charge in [0.2, 0.25) is 0 Å². The standard InChI is InChI=1S/C19H14N2/c20-14-16-6-8-18(9-7-16)19-13-17(10-11-21-19)12-15-4-2-1-3-5-15/h1-11,13H,12H2. The van der Waals surface area contributed by atoms with Gasteiger partial charge in [0, 0.05) is 11.8 Å². The predicted octanol–water partition coefficient (Wildman–Crippen LogP) is 4.21. The molecule has 0 aliphatic rings. The number of hydrogen-bond acceptors (Lipinski definition) is 2. The van der Waals surface area contributed by atoms with Gasteiger partial charge in [0.1, 0.15) is 0 Å². The van der Waals surface area contributed by atoms with Gasteiger partial charge in [-0.15, -0.1) is 0 Å². The van der Waals surface area contributed by atoms with Crippen LogP contribution in [0.25, 0.3) is 11.3 Å². The van der Waals surface area contributed by atoms with Gasteiger partial charge in [-0.25, -0.2) is 0 Å². The number of benzene rings is 2. The van der Waals surface area contributed by atoms with E-state index in [1.165, 1.54) is 11.1 Å². The highest BCUT2D eigenvalue weighted by Crippen LogP contribution is 2.19. The first-order chi connectivity index (χ1) is 10.3. The Hall–Kier alpha value is -2.92. The number of pyridine rings is 1. The Balaban J connectivity index is 1.87. The molecule has 0 aliphatic carbocycles. The quantitative estimate of drug-likeness (QED) is 0.714. The van der Waals surface area contributed by atoms with Crippen LogP contribution in [-0.2, 0) is 6.42 Å². The number of nitriles is 1. The maximum Gasteiger partial charge on any atom is 0.0991 e. The van der Waals surface area contributed by atoms with Crippen molar-refractivity contribution in [2.24, 2.45) is 0 Å². The lowest BCUT2D eigenvalue weighted by atomic mass is 10.0. The zero-order valence-electron chi connectivity index (χ0n) is 11.5. The van der Waals surface area contributed by atoms with E-state index in [1.54, 1.807) is 0 Å². The molecule has 2 aromatic carbocycles. The van der Waals surface area contributed by atoms with Crippen LogP contribution in [0.1, 0.15) is 16.7 Å². The lowest BCUT2D eigenvalue weighted by molar-refractivity contribution is 1.16. The topological polar surface area (TPSA) is 36.7 Å². The molecule has 0 fully saturated rings. The molecule has 0 spiro atoms. The van der Waals surface area contributed by atoms with Crippen molar-refractivity contribution in [1.29, 1.82) is 5.26 Å². The van der Waals surface area contributed by atoms with Gasteiger partial charge >= 0.3 is 0 Å². The van der Waals surface area contributed by atoms with E-state index < -0.39 is 0 Å². The maximum absolute atomic E-state index is 8.84. The fourth-order valence-corrected chi connectivity index (χ4v) is 2.29. The fraction of sp³-hybridized carbons (Fsp3) is 0.0526. The molecule has 3 rings (SSSR count). The van der Waals surface area contributed by atoms with Crippen molar-refractivity contribution in [3.05, 3.63) is 89.6 Å². The summed E-state index contributed by atoms with van der Waals surface area (Å²) >= 11 is 0. The average molecular weight is 270 g/mol. The lowest BCUT2D eigenvalue weighted by Crippen LogP contribution is -1.91. The van der Waals surface area contributed by atoms with Crippen molar-refractivity contribution in [3.8, 4) is 17.3 Å². The van der Waals surface area contributed by atoms with Crippen LogP contribution in [0.2, 0.25) is 0 Å². The number of hydrogen-bond donors (Lipinski definition) is 0. The van der Waals surface area contributed by atoms with Crippen LogP contribution in [0.5, 0.6) is 0 Å². The fourth-order valence-electron chi connectivity index (χ4n) is 2.29. The van der Waals surface area contributed by atoms with Crippen LogP contribution in [0, 0.1) is 11.3 Å². The average Bonchev–Trinajstić information content (AvgIpc) is 2.56. The van der Waals surface area contributed by atoms with Crippen LogP contribution in [0.4, 0.5) is 0 Å². The van der Waals surface area contributed by atoms with Crippen molar-refractivity contribution in [2.45, 2.75) is 6.42 Å². The highest BCUT2D eigenvalue weighted by Gasteiger charge is 2.02. The van der Waals surface area contributed by atoms with Crippen LogP contribution >= 0.6 is 0 Å². The van der Waals surface area contributed by atoms with E-state index in [1.807, 2.05) is 42.6 Å². The van der Waals surface area contributed by atoms with Crippen molar-refractivity contribution >= 4 is 0 Å². The molecule has 0 radical (unpaired) electrons. The predicted molar refractivity (Wildman–Crippen MR) is 83.6 cm³/mol. The van der Waals surface area contributed by atoms with E-state index in [9.17, 15) is 0 Å². The summed E-state index contributed by atoms with van der Waals surface area (Å²) in [5.41, 5.74) is 5.15. The summed E-state index contributed by atoms with van der Waals surface area (Å²) in [5, 5.41) is 8.84. The minimum absolute atomic E-state index is 0.666. The van der Waals surface area contributed by atoms with Crippen molar-refractivity contribution in [3.63, 3.8) is 0 Å². The highest BCUT2D eigenvalue weighted by atomic mass is 14.7. The first-order valence-corrected chi connectivity index (χ1v) is 6.84. The van der Waals surface area contributed by atoms with E-state index in [0.29, 0.717) is 5.56 Å². The zero-order chi connectivity index (χ0) is 14.5. The molecule has 100 valence electrons. The van der Waals surface area contributed by atoms with Gasteiger partial charge in [-0.1, -0.05) is 42.5 Å². The molecule has 21 heavy (non-hydrogen) atoms. The van der Waals surface area contributed by atoms with Crippen LogP contribution in [-0.4, -0.2) is 4.98 Å². The molecule has 1 aromatic heterocycles. The molecule has 0 bridgehead atoms. The van der Waals surface area contributed by atoms with E-state index in [2.05, 4.69) is 41.4 Å². The molecular formula is C19H14N2. The summed E-state index contributed by atoms with van der Waals surface area (Å²) in [7, 11) is 0. The molecule has 2 heteroatoms. The van der Waals surface area contributed by atoms with Crippen LogP contribution in [0.15, 0.2) is 72.9 Å². The summed E-state index contributed by atoms with van der Waals surface area (Å²) in [5.74, 6) is 0. The largest absolute Gasteiger partial charge is 0.256 e. The lowest BCUT2D eigenvalue weighted by Gasteiger charge is -2.05. The van der Waals surface area contributed by atoms with Crippen molar-refractivity contribution in [2.75, 3.05) is 0 Å². The van der Waals surface area contributed by atoms with Gasteiger partial charge < -0.3 is 0 Å². The van der Waals surface area contributed by atoms with E-state index in [-0.39, 0.29) is 0 Å². The minimum Gasteiger partial charge on any atom is -0.256 e. The molecule has 0 unspecified atom stereocenters. The summed E-state index contributed by atoms with van der Waals surface area (Å²) in [6, 6.07) is 24.2. The molecule has 2 nitrogen and oxygen atoms in total. The minimum atomic E-state index is 0.666. The van der Waals surface area contributed by atoms with Crippen LogP contribution in [0.3, 0.4) is 0 Å². The van der Waals surface area contributed by atoms with Gasteiger partial charge in [-0.05, 0) is 41.8 Å². The SMILES string of the molecule is N#Cc1ccc(-c2cc(Cc3ccccc3)ccn2)cc1. The Morgan fingerprint density at radius 2 is 1.62 bits per heavy atom. The first kappa shape index (κ1) is 13.1. The normalized spacial score (nSPS) is 10.0.